The maximum absolute atomic E-state index is 11.8. The molecule has 2 aromatic rings. The molecule has 0 spiro atoms. The number of ether oxygens (including phenoxy) is 1. The van der Waals surface area contributed by atoms with Gasteiger partial charge in [0.15, 0.2) is 0 Å². The lowest BCUT2D eigenvalue weighted by molar-refractivity contribution is -0.126. The molecule has 2 aromatic carbocycles. The Hall–Kier alpha value is -2.53. The van der Waals surface area contributed by atoms with Gasteiger partial charge in [0.05, 0.1) is 6.54 Å². The van der Waals surface area contributed by atoms with Crippen molar-refractivity contribution in [3.05, 3.63) is 59.1 Å². The van der Waals surface area contributed by atoms with Crippen LogP contribution >= 0.6 is 11.6 Å². The number of benzene rings is 2. The predicted molar refractivity (Wildman–Crippen MR) is 98.7 cm³/mol. The van der Waals surface area contributed by atoms with Crippen LogP contribution in [0.5, 0.6) is 5.75 Å². The zero-order valence-corrected chi connectivity index (χ0v) is 15.0. The highest BCUT2D eigenvalue weighted by atomic mass is 35.5. The molecule has 0 saturated heterocycles. The fourth-order valence-corrected chi connectivity index (χ4v) is 2.08. The number of rotatable bonds is 7. The third kappa shape index (κ3) is 6.47. The van der Waals surface area contributed by atoms with Crippen molar-refractivity contribution in [1.82, 2.24) is 5.32 Å². The third-order valence-corrected chi connectivity index (χ3v) is 3.66. The molecule has 6 heteroatoms. The molecule has 0 radical (unpaired) electrons. The first kappa shape index (κ1) is 18.8. The SMILES string of the molecule is CC(C)C(=O)NCC(=O)Nc1ccc(OCc2ccc(Cl)cc2)cc1. The molecule has 5 nitrogen and oxygen atoms in total. The van der Waals surface area contributed by atoms with E-state index < -0.39 is 0 Å². The molecule has 0 fully saturated rings. The number of carbonyl (C=O) groups is 2. The van der Waals surface area contributed by atoms with E-state index in [9.17, 15) is 9.59 Å². The number of hydrogen-bond donors (Lipinski definition) is 2. The summed E-state index contributed by atoms with van der Waals surface area (Å²) in [5, 5.41) is 5.98. The van der Waals surface area contributed by atoms with Gasteiger partial charge in [-0.05, 0) is 42.0 Å². The summed E-state index contributed by atoms with van der Waals surface area (Å²) in [6.07, 6.45) is 0. The maximum Gasteiger partial charge on any atom is 0.243 e. The summed E-state index contributed by atoms with van der Waals surface area (Å²) < 4.78 is 5.68. The number of amides is 2. The summed E-state index contributed by atoms with van der Waals surface area (Å²) >= 11 is 5.84. The molecule has 0 unspecified atom stereocenters. The van der Waals surface area contributed by atoms with Crippen molar-refractivity contribution < 1.29 is 14.3 Å². The summed E-state index contributed by atoms with van der Waals surface area (Å²) in [4.78, 5) is 23.2. The second-order valence-electron chi connectivity index (χ2n) is 5.86. The number of halogens is 1. The lowest BCUT2D eigenvalue weighted by Crippen LogP contribution is -2.35. The Bertz CT molecular complexity index is 712. The van der Waals surface area contributed by atoms with Crippen molar-refractivity contribution in [2.24, 2.45) is 5.92 Å². The predicted octanol–water partition coefficient (Wildman–Crippen LogP) is 3.63. The average molecular weight is 361 g/mol. The number of anilines is 1. The molecule has 0 aromatic heterocycles. The van der Waals surface area contributed by atoms with Crippen LogP contribution in [-0.2, 0) is 16.2 Å². The summed E-state index contributed by atoms with van der Waals surface area (Å²) in [6, 6.07) is 14.5. The van der Waals surface area contributed by atoms with Crippen molar-refractivity contribution >= 4 is 29.1 Å². The van der Waals surface area contributed by atoms with E-state index in [0.29, 0.717) is 23.1 Å². The van der Waals surface area contributed by atoms with E-state index in [1.54, 1.807) is 38.1 Å². The molecule has 0 bridgehead atoms. The van der Waals surface area contributed by atoms with Crippen LogP contribution in [0, 0.1) is 5.92 Å². The fraction of sp³-hybridized carbons (Fsp3) is 0.263. The average Bonchev–Trinajstić information content (AvgIpc) is 2.60. The maximum atomic E-state index is 11.8. The molecule has 2 rings (SSSR count). The van der Waals surface area contributed by atoms with Gasteiger partial charge in [-0.1, -0.05) is 37.6 Å². The molecule has 132 valence electrons. The Balaban J connectivity index is 1.80. The van der Waals surface area contributed by atoms with Crippen molar-refractivity contribution in [1.29, 1.82) is 0 Å². The molecule has 2 amide bonds. The smallest absolute Gasteiger partial charge is 0.243 e. The second-order valence-corrected chi connectivity index (χ2v) is 6.30. The van der Waals surface area contributed by atoms with Gasteiger partial charge < -0.3 is 15.4 Å². The van der Waals surface area contributed by atoms with Gasteiger partial charge in [0.25, 0.3) is 0 Å². The van der Waals surface area contributed by atoms with E-state index in [2.05, 4.69) is 10.6 Å². The lowest BCUT2D eigenvalue weighted by Gasteiger charge is -2.10. The molecule has 0 saturated carbocycles. The van der Waals surface area contributed by atoms with Crippen LogP contribution in [0.25, 0.3) is 0 Å². The minimum Gasteiger partial charge on any atom is -0.489 e. The molecule has 0 aliphatic heterocycles. The van der Waals surface area contributed by atoms with Gasteiger partial charge in [-0.15, -0.1) is 0 Å². The van der Waals surface area contributed by atoms with Crippen molar-refractivity contribution in [2.45, 2.75) is 20.5 Å². The molecule has 0 aliphatic carbocycles. The minimum atomic E-state index is -0.274. The number of nitrogens with one attached hydrogen (secondary N) is 2. The molecule has 0 heterocycles. The van der Waals surface area contributed by atoms with E-state index in [0.717, 1.165) is 5.56 Å². The Morgan fingerprint density at radius 1 is 1.04 bits per heavy atom. The molecular formula is C19H21ClN2O3. The topological polar surface area (TPSA) is 67.4 Å². The normalized spacial score (nSPS) is 10.4. The molecule has 0 atom stereocenters. The fourth-order valence-electron chi connectivity index (χ4n) is 1.96. The van der Waals surface area contributed by atoms with Crippen LogP contribution in [-0.4, -0.2) is 18.4 Å². The van der Waals surface area contributed by atoms with E-state index >= 15 is 0 Å². The van der Waals surface area contributed by atoms with Gasteiger partial charge in [0.1, 0.15) is 12.4 Å². The first-order chi connectivity index (χ1) is 11.9. The third-order valence-electron chi connectivity index (χ3n) is 3.40. The monoisotopic (exact) mass is 360 g/mol. The van der Waals surface area contributed by atoms with Crippen LogP contribution < -0.4 is 15.4 Å². The van der Waals surface area contributed by atoms with Gasteiger partial charge in [-0.25, -0.2) is 0 Å². The van der Waals surface area contributed by atoms with Gasteiger partial charge in [0.2, 0.25) is 11.8 Å². The van der Waals surface area contributed by atoms with Crippen LogP contribution in [0.4, 0.5) is 5.69 Å². The molecule has 25 heavy (non-hydrogen) atoms. The first-order valence-electron chi connectivity index (χ1n) is 7.99. The summed E-state index contributed by atoms with van der Waals surface area (Å²) in [5.74, 6) is 0.121. The van der Waals surface area contributed by atoms with Gasteiger partial charge in [-0.2, -0.15) is 0 Å². The summed E-state index contributed by atoms with van der Waals surface area (Å²) in [5.41, 5.74) is 1.66. The second kappa shape index (κ2) is 9.08. The Kier molecular flexibility index (Phi) is 6.83. The van der Waals surface area contributed by atoms with E-state index in [1.165, 1.54) is 0 Å². The highest BCUT2D eigenvalue weighted by molar-refractivity contribution is 6.30. The number of carbonyl (C=O) groups excluding carboxylic acids is 2. The van der Waals surface area contributed by atoms with Crippen molar-refractivity contribution in [3.63, 3.8) is 0 Å². The molecule has 0 aliphatic rings. The van der Waals surface area contributed by atoms with E-state index in [1.807, 2.05) is 24.3 Å². The standard InChI is InChI=1S/C19H21ClN2O3/c1-13(2)19(24)21-11-18(23)22-16-7-9-17(10-8-16)25-12-14-3-5-15(20)6-4-14/h3-10,13H,11-12H2,1-2H3,(H,21,24)(H,22,23). The summed E-state index contributed by atoms with van der Waals surface area (Å²) in [7, 11) is 0. The van der Waals surface area contributed by atoms with Gasteiger partial charge >= 0.3 is 0 Å². The molecular weight excluding hydrogens is 340 g/mol. The van der Waals surface area contributed by atoms with Crippen LogP contribution in [0.2, 0.25) is 5.02 Å². The highest BCUT2D eigenvalue weighted by Gasteiger charge is 2.09. The van der Waals surface area contributed by atoms with Crippen LogP contribution in [0.15, 0.2) is 48.5 Å². The van der Waals surface area contributed by atoms with E-state index in [4.69, 9.17) is 16.3 Å². The van der Waals surface area contributed by atoms with Crippen LogP contribution in [0.3, 0.4) is 0 Å². The zero-order chi connectivity index (χ0) is 18.2. The Labute approximate surface area is 152 Å². The highest BCUT2D eigenvalue weighted by Crippen LogP contribution is 2.17. The molecule has 2 N–H and O–H groups in total. The Morgan fingerprint density at radius 2 is 1.68 bits per heavy atom. The Morgan fingerprint density at radius 3 is 2.28 bits per heavy atom. The van der Waals surface area contributed by atoms with Crippen molar-refractivity contribution in [2.75, 3.05) is 11.9 Å². The zero-order valence-electron chi connectivity index (χ0n) is 14.2. The lowest BCUT2D eigenvalue weighted by atomic mass is 10.2. The largest absolute Gasteiger partial charge is 0.489 e. The quantitative estimate of drug-likeness (QED) is 0.792. The van der Waals surface area contributed by atoms with E-state index in [-0.39, 0.29) is 24.3 Å². The summed E-state index contributed by atoms with van der Waals surface area (Å²) in [6.45, 7) is 3.93. The van der Waals surface area contributed by atoms with Crippen LogP contribution in [0.1, 0.15) is 19.4 Å². The minimum absolute atomic E-state index is 0.0498. The number of hydrogen-bond acceptors (Lipinski definition) is 3. The van der Waals surface area contributed by atoms with Gasteiger partial charge in [-0.3, -0.25) is 9.59 Å². The first-order valence-corrected chi connectivity index (χ1v) is 8.36. The van der Waals surface area contributed by atoms with Gasteiger partial charge in [0, 0.05) is 16.6 Å². The van der Waals surface area contributed by atoms with Crippen molar-refractivity contribution in [3.8, 4) is 5.75 Å².